The Morgan fingerprint density at radius 3 is 2.43 bits per heavy atom. The van der Waals surface area contributed by atoms with Gasteiger partial charge in [0.15, 0.2) is 18.0 Å². The third-order valence-electron chi connectivity index (χ3n) is 5.46. The van der Waals surface area contributed by atoms with Gasteiger partial charge < -0.3 is 19.7 Å². The lowest BCUT2D eigenvalue weighted by molar-refractivity contribution is -0.885. The molecule has 1 unspecified atom stereocenters. The quantitative estimate of drug-likeness (QED) is 0.604. The highest BCUT2D eigenvalue weighted by Gasteiger charge is 2.17. The molecular formula is C25H31N2O3+. The zero-order valence-corrected chi connectivity index (χ0v) is 18.4. The molecule has 0 saturated carbocycles. The van der Waals surface area contributed by atoms with Crippen LogP contribution in [-0.4, -0.2) is 33.7 Å². The molecule has 0 aliphatic heterocycles. The first kappa shape index (κ1) is 21.7. The van der Waals surface area contributed by atoms with Gasteiger partial charge in [-0.25, -0.2) is 0 Å². The van der Waals surface area contributed by atoms with Gasteiger partial charge in [-0.1, -0.05) is 42.5 Å². The second-order valence-electron chi connectivity index (χ2n) is 7.80. The van der Waals surface area contributed by atoms with Crippen molar-refractivity contribution in [3.8, 4) is 11.5 Å². The van der Waals surface area contributed by atoms with Crippen molar-refractivity contribution in [2.24, 2.45) is 0 Å². The fraction of sp³-hybridized carbons (Fsp3) is 0.320. The summed E-state index contributed by atoms with van der Waals surface area (Å²) >= 11 is 0. The fourth-order valence-corrected chi connectivity index (χ4v) is 3.87. The highest BCUT2D eigenvalue weighted by Crippen LogP contribution is 2.30. The number of ether oxygens (including phenoxy) is 2. The highest BCUT2D eigenvalue weighted by atomic mass is 16.5. The Labute approximate surface area is 178 Å². The first-order valence-corrected chi connectivity index (χ1v) is 10.2. The van der Waals surface area contributed by atoms with Crippen LogP contribution >= 0.6 is 0 Å². The number of benzene rings is 3. The van der Waals surface area contributed by atoms with Crippen LogP contribution in [0.2, 0.25) is 0 Å². The number of likely N-dealkylation sites (N-methyl/N-ethyl adjacent to an activating group) is 1. The number of hydrogen-bond acceptors (Lipinski definition) is 3. The Kier molecular flexibility index (Phi) is 6.95. The van der Waals surface area contributed by atoms with Gasteiger partial charge in [-0.2, -0.15) is 0 Å². The number of carbonyl (C=O) groups excluding carboxylic acids is 1. The molecule has 3 rings (SSSR count). The third-order valence-corrected chi connectivity index (χ3v) is 5.46. The van der Waals surface area contributed by atoms with Gasteiger partial charge in [-0.3, -0.25) is 4.79 Å². The molecule has 3 aromatic rings. The van der Waals surface area contributed by atoms with E-state index in [1.54, 1.807) is 14.2 Å². The summed E-state index contributed by atoms with van der Waals surface area (Å²) in [6.45, 7) is 5.20. The summed E-state index contributed by atoms with van der Waals surface area (Å²) in [6.07, 6.45) is 0. The van der Waals surface area contributed by atoms with E-state index in [9.17, 15) is 4.79 Å². The Morgan fingerprint density at radius 1 is 1.03 bits per heavy atom. The fourth-order valence-electron chi connectivity index (χ4n) is 3.87. The molecule has 0 aliphatic rings. The maximum Gasteiger partial charge on any atom is 0.275 e. The maximum absolute atomic E-state index is 12.7. The van der Waals surface area contributed by atoms with Crippen LogP contribution in [0.25, 0.3) is 10.8 Å². The molecular weight excluding hydrogens is 376 g/mol. The van der Waals surface area contributed by atoms with Crippen LogP contribution in [0.15, 0.2) is 54.6 Å². The van der Waals surface area contributed by atoms with Gasteiger partial charge in [0.25, 0.3) is 5.91 Å². The maximum atomic E-state index is 12.7. The van der Waals surface area contributed by atoms with Crippen LogP contribution in [0.1, 0.15) is 29.7 Å². The lowest BCUT2D eigenvalue weighted by Gasteiger charge is -2.20. The molecule has 0 radical (unpaired) electrons. The highest BCUT2D eigenvalue weighted by molar-refractivity contribution is 5.87. The molecule has 30 heavy (non-hydrogen) atoms. The van der Waals surface area contributed by atoms with Gasteiger partial charge in [-0.05, 0) is 47.9 Å². The van der Waals surface area contributed by atoms with Crippen molar-refractivity contribution in [2.75, 3.05) is 27.8 Å². The van der Waals surface area contributed by atoms with Crippen molar-refractivity contribution in [3.63, 3.8) is 0 Å². The molecule has 2 atom stereocenters. The molecule has 5 heteroatoms. The number of hydrogen-bond donors (Lipinski definition) is 2. The molecule has 0 fully saturated rings. The van der Waals surface area contributed by atoms with Gasteiger partial charge in [0.1, 0.15) is 6.54 Å². The van der Waals surface area contributed by atoms with Crippen molar-refractivity contribution < 1.29 is 19.2 Å². The SMILES string of the molecule is COc1cc(C)c(C[NH+](C)CC(=O)N[C@@H](C)c2cccc3ccccc23)cc1OC. The lowest BCUT2D eigenvalue weighted by atomic mass is 10.00. The van der Waals surface area contributed by atoms with E-state index in [0.29, 0.717) is 12.3 Å². The predicted octanol–water partition coefficient (Wildman–Crippen LogP) is 3.06. The second-order valence-corrected chi connectivity index (χ2v) is 7.80. The number of methoxy groups -OCH3 is 2. The van der Waals surface area contributed by atoms with Crippen molar-refractivity contribution in [1.82, 2.24) is 5.32 Å². The average molecular weight is 408 g/mol. The van der Waals surface area contributed by atoms with Crippen molar-refractivity contribution in [2.45, 2.75) is 26.4 Å². The Bertz CT molecular complexity index is 1030. The second kappa shape index (κ2) is 9.63. The van der Waals surface area contributed by atoms with E-state index in [1.807, 2.05) is 51.2 Å². The molecule has 0 aliphatic carbocycles. The van der Waals surface area contributed by atoms with Gasteiger partial charge in [0.05, 0.1) is 27.3 Å². The Hall–Kier alpha value is -3.05. The van der Waals surface area contributed by atoms with Crippen molar-refractivity contribution in [1.29, 1.82) is 0 Å². The van der Waals surface area contributed by atoms with Gasteiger partial charge >= 0.3 is 0 Å². The summed E-state index contributed by atoms with van der Waals surface area (Å²) in [5.74, 6) is 1.46. The minimum Gasteiger partial charge on any atom is -0.493 e. The number of nitrogens with one attached hydrogen (secondary N) is 2. The molecule has 5 nitrogen and oxygen atoms in total. The Balaban J connectivity index is 1.65. The van der Waals surface area contributed by atoms with Gasteiger partial charge in [0, 0.05) is 5.56 Å². The zero-order chi connectivity index (χ0) is 21.7. The molecule has 0 heterocycles. The molecule has 1 amide bonds. The molecule has 2 N–H and O–H groups in total. The van der Waals surface area contributed by atoms with Crippen LogP contribution in [0, 0.1) is 6.92 Å². The number of carbonyl (C=O) groups is 1. The van der Waals surface area contributed by atoms with Crippen LogP contribution in [0.5, 0.6) is 11.5 Å². The van der Waals surface area contributed by atoms with Crippen molar-refractivity contribution in [3.05, 3.63) is 71.3 Å². The standard InChI is InChI=1S/C25H30N2O3/c1-17-13-23(29-4)24(30-5)14-20(17)15-27(3)16-25(28)26-18(2)21-12-8-10-19-9-6-7-11-22(19)21/h6-14,18H,15-16H2,1-5H3,(H,26,28)/p+1/t18-/m0/s1. The number of fused-ring (bicyclic) bond motifs is 1. The summed E-state index contributed by atoms with van der Waals surface area (Å²) in [5.41, 5.74) is 3.39. The minimum atomic E-state index is -0.0563. The molecule has 0 aromatic heterocycles. The average Bonchev–Trinajstić information content (AvgIpc) is 2.74. The van der Waals surface area contributed by atoms with Crippen LogP contribution in [0.3, 0.4) is 0 Å². The summed E-state index contributed by atoms with van der Waals surface area (Å²) < 4.78 is 10.8. The van der Waals surface area contributed by atoms with Crippen LogP contribution in [-0.2, 0) is 11.3 Å². The summed E-state index contributed by atoms with van der Waals surface area (Å²) in [5, 5.41) is 5.51. The monoisotopic (exact) mass is 407 g/mol. The number of aryl methyl sites for hydroxylation is 1. The third kappa shape index (κ3) is 4.92. The first-order valence-electron chi connectivity index (χ1n) is 10.2. The van der Waals surface area contributed by atoms with E-state index in [4.69, 9.17) is 9.47 Å². The molecule has 0 saturated heterocycles. The van der Waals surface area contributed by atoms with E-state index in [2.05, 4.69) is 29.6 Å². The molecule has 0 spiro atoms. The topological polar surface area (TPSA) is 52.0 Å². The number of quaternary nitrogens is 1. The summed E-state index contributed by atoms with van der Waals surface area (Å²) in [7, 11) is 5.30. The smallest absolute Gasteiger partial charge is 0.275 e. The summed E-state index contributed by atoms with van der Waals surface area (Å²) in [4.78, 5) is 13.8. The number of rotatable bonds is 8. The van der Waals surface area contributed by atoms with E-state index < -0.39 is 0 Å². The van der Waals surface area contributed by atoms with Gasteiger partial charge in [-0.15, -0.1) is 0 Å². The van der Waals surface area contributed by atoms with Crippen LogP contribution in [0.4, 0.5) is 0 Å². The molecule has 158 valence electrons. The summed E-state index contributed by atoms with van der Waals surface area (Å²) in [6, 6.07) is 18.4. The minimum absolute atomic E-state index is 0.0334. The van der Waals surface area contributed by atoms with E-state index in [1.165, 1.54) is 10.8 Å². The normalized spacial score (nSPS) is 13.0. The zero-order valence-electron chi connectivity index (χ0n) is 18.4. The predicted molar refractivity (Wildman–Crippen MR) is 120 cm³/mol. The van der Waals surface area contributed by atoms with E-state index >= 15 is 0 Å². The first-order chi connectivity index (χ1) is 14.4. The Morgan fingerprint density at radius 2 is 1.70 bits per heavy atom. The largest absolute Gasteiger partial charge is 0.493 e. The van der Waals surface area contributed by atoms with E-state index in [0.717, 1.165) is 33.9 Å². The van der Waals surface area contributed by atoms with E-state index in [-0.39, 0.29) is 11.9 Å². The number of amides is 1. The van der Waals surface area contributed by atoms with Crippen LogP contribution < -0.4 is 19.7 Å². The lowest BCUT2D eigenvalue weighted by Crippen LogP contribution is -3.09. The molecule has 3 aromatic carbocycles. The van der Waals surface area contributed by atoms with Gasteiger partial charge in [0.2, 0.25) is 0 Å². The van der Waals surface area contributed by atoms with Crippen molar-refractivity contribution >= 4 is 16.7 Å². The molecule has 0 bridgehead atoms.